The molecule has 0 amide bonds. The monoisotopic (exact) mass is 228 g/mol. The van der Waals surface area contributed by atoms with E-state index in [2.05, 4.69) is 17.9 Å². The fourth-order valence-electron chi connectivity index (χ4n) is 2.00. The van der Waals surface area contributed by atoms with E-state index in [1.165, 1.54) is 12.8 Å². The molecule has 0 atom stereocenters. The van der Waals surface area contributed by atoms with Crippen LogP contribution in [0.15, 0.2) is 18.2 Å². The first-order valence-corrected chi connectivity index (χ1v) is 6.02. The van der Waals surface area contributed by atoms with E-state index in [-0.39, 0.29) is 0 Å². The number of nitriles is 1. The van der Waals surface area contributed by atoms with Gasteiger partial charge in [-0.25, -0.2) is 0 Å². The second-order valence-corrected chi connectivity index (χ2v) is 4.49. The predicted molar refractivity (Wildman–Crippen MR) is 67.2 cm³/mol. The van der Waals surface area contributed by atoms with Crippen LogP contribution in [0.4, 0.5) is 5.69 Å². The van der Waals surface area contributed by atoms with E-state index in [0.29, 0.717) is 11.1 Å². The molecule has 0 heterocycles. The minimum atomic E-state index is 0.563. The van der Waals surface area contributed by atoms with E-state index in [0.717, 1.165) is 31.0 Å². The minimum Gasteiger partial charge on any atom is -0.370 e. The van der Waals surface area contributed by atoms with Gasteiger partial charge < -0.3 is 4.90 Å². The molecule has 2 rings (SSSR count). The Morgan fingerprint density at radius 3 is 2.82 bits per heavy atom. The highest BCUT2D eigenvalue weighted by Crippen LogP contribution is 2.32. The molecular formula is C14H16N2O. The first kappa shape index (κ1) is 11.7. The van der Waals surface area contributed by atoms with Gasteiger partial charge in [-0.1, -0.05) is 0 Å². The fraction of sp³-hybridized carbons (Fsp3) is 0.429. The van der Waals surface area contributed by atoms with Crippen molar-refractivity contribution in [2.45, 2.75) is 19.8 Å². The van der Waals surface area contributed by atoms with Crippen molar-refractivity contribution in [3.63, 3.8) is 0 Å². The molecule has 1 aliphatic carbocycles. The highest BCUT2D eigenvalue weighted by molar-refractivity contribution is 5.78. The predicted octanol–water partition coefficient (Wildman–Crippen LogP) is 2.61. The Bertz CT molecular complexity index is 458. The summed E-state index contributed by atoms with van der Waals surface area (Å²) in [6.07, 6.45) is 3.37. The summed E-state index contributed by atoms with van der Waals surface area (Å²) in [5, 5.41) is 9.14. The van der Waals surface area contributed by atoms with Gasteiger partial charge in [-0.2, -0.15) is 5.26 Å². The molecule has 1 saturated carbocycles. The quantitative estimate of drug-likeness (QED) is 0.728. The highest BCUT2D eigenvalue weighted by Gasteiger charge is 2.24. The standard InChI is InChI=1S/C14H16N2O/c1-2-16(9-11-3-4-11)14-6-5-12(10-17)7-13(14)8-15/h5-7,10-11H,2-4,9H2,1H3. The summed E-state index contributed by atoms with van der Waals surface area (Å²) in [6, 6.07) is 7.50. The van der Waals surface area contributed by atoms with Crippen molar-refractivity contribution in [1.82, 2.24) is 0 Å². The van der Waals surface area contributed by atoms with E-state index < -0.39 is 0 Å². The molecular weight excluding hydrogens is 212 g/mol. The lowest BCUT2D eigenvalue weighted by atomic mass is 10.1. The molecule has 3 nitrogen and oxygen atoms in total. The van der Waals surface area contributed by atoms with Crippen LogP contribution in [-0.4, -0.2) is 19.4 Å². The number of benzene rings is 1. The van der Waals surface area contributed by atoms with Gasteiger partial charge in [-0.3, -0.25) is 4.79 Å². The maximum Gasteiger partial charge on any atom is 0.150 e. The van der Waals surface area contributed by atoms with Crippen molar-refractivity contribution in [3.8, 4) is 6.07 Å². The summed E-state index contributed by atoms with van der Waals surface area (Å²) in [5.74, 6) is 0.784. The van der Waals surface area contributed by atoms with Crippen LogP contribution in [-0.2, 0) is 0 Å². The largest absolute Gasteiger partial charge is 0.370 e. The molecule has 0 saturated heterocycles. The SMILES string of the molecule is CCN(CC1CC1)c1ccc(C=O)cc1C#N. The van der Waals surface area contributed by atoms with E-state index in [9.17, 15) is 4.79 Å². The Hall–Kier alpha value is -1.82. The van der Waals surface area contributed by atoms with Crippen LogP contribution in [0.5, 0.6) is 0 Å². The Morgan fingerprint density at radius 2 is 2.29 bits per heavy atom. The number of carbonyl (C=O) groups is 1. The van der Waals surface area contributed by atoms with Crippen molar-refractivity contribution in [2.24, 2.45) is 5.92 Å². The molecule has 0 aliphatic heterocycles. The molecule has 0 N–H and O–H groups in total. The van der Waals surface area contributed by atoms with Gasteiger partial charge in [0.2, 0.25) is 0 Å². The van der Waals surface area contributed by atoms with Crippen LogP contribution in [0, 0.1) is 17.2 Å². The second-order valence-electron chi connectivity index (χ2n) is 4.49. The van der Waals surface area contributed by atoms with Crippen LogP contribution >= 0.6 is 0 Å². The molecule has 17 heavy (non-hydrogen) atoms. The van der Waals surface area contributed by atoms with Gasteiger partial charge in [0.1, 0.15) is 12.4 Å². The summed E-state index contributed by atoms with van der Waals surface area (Å²) in [4.78, 5) is 12.9. The Labute approximate surface area is 102 Å². The molecule has 88 valence electrons. The third-order valence-electron chi connectivity index (χ3n) is 3.18. The molecule has 1 aromatic carbocycles. The Kier molecular flexibility index (Phi) is 3.43. The van der Waals surface area contributed by atoms with E-state index in [1.807, 2.05) is 6.07 Å². The number of hydrogen-bond donors (Lipinski definition) is 0. The molecule has 0 unspecified atom stereocenters. The molecule has 0 spiro atoms. The molecule has 3 heteroatoms. The van der Waals surface area contributed by atoms with Crippen molar-refractivity contribution in [2.75, 3.05) is 18.0 Å². The lowest BCUT2D eigenvalue weighted by molar-refractivity contribution is 0.112. The van der Waals surface area contributed by atoms with Crippen molar-refractivity contribution in [3.05, 3.63) is 29.3 Å². The number of aldehydes is 1. The second kappa shape index (κ2) is 5.01. The highest BCUT2D eigenvalue weighted by atomic mass is 16.1. The maximum absolute atomic E-state index is 10.7. The number of nitrogens with zero attached hydrogens (tertiary/aromatic N) is 2. The third-order valence-corrected chi connectivity index (χ3v) is 3.18. The van der Waals surface area contributed by atoms with E-state index in [1.54, 1.807) is 12.1 Å². The van der Waals surface area contributed by atoms with Crippen LogP contribution in [0.2, 0.25) is 0 Å². The maximum atomic E-state index is 10.7. The molecule has 1 aliphatic rings. The van der Waals surface area contributed by atoms with Gasteiger partial charge >= 0.3 is 0 Å². The van der Waals surface area contributed by atoms with Crippen LogP contribution in [0.1, 0.15) is 35.7 Å². The molecule has 1 aromatic rings. The minimum absolute atomic E-state index is 0.563. The molecule has 0 bridgehead atoms. The summed E-state index contributed by atoms with van der Waals surface area (Å²) >= 11 is 0. The number of rotatable bonds is 5. The van der Waals surface area contributed by atoms with Gasteiger partial charge in [0, 0.05) is 18.7 Å². The number of anilines is 1. The summed E-state index contributed by atoms with van der Waals surface area (Å²) in [5.41, 5.74) is 2.11. The molecule has 1 fully saturated rings. The summed E-state index contributed by atoms with van der Waals surface area (Å²) < 4.78 is 0. The number of carbonyl (C=O) groups excluding carboxylic acids is 1. The van der Waals surface area contributed by atoms with Crippen molar-refractivity contribution in [1.29, 1.82) is 5.26 Å². The topological polar surface area (TPSA) is 44.1 Å². The zero-order chi connectivity index (χ0) is 12.3. The normalized spacial score (nSPS) is 14.1. The average molecular weight is 228 g/mol. The van der Waals surface area contributed by atoms with Gasteiger partial charge in [0.25, 0.3) is 0 Å². The number of hydrogen-bond acceptors (Lipinski definition) is 3. The van der Waals surface area contributed by atoms with Gasteiger partial charge in [0.05, 0.1) is 11.3 Å². The average Bonchev–Trinajstić information content (AvgIpc) is 3.19. The first-order chi connectivity index (χ1) is 8.28. The smallest absolute Gasteiger partial charge is 0.150 e. The lowest BCUT2D eigenvalue weighted by Gasteiger charge is -2.24. The zero-order valence-electron chi connectivity index (χ0n) is 10.0. The van der Waals surface area contributed by atoms with E-state index in [4.69, 9.17) is 5.26 Å². The van der Waals surface area contributed by atoms with Crippen molar-refractivity contribution >= 4 is 12.0 Å². The summed E-state index contributed by atoms with van der Waals surface area (Å²) in [7, 11) is 0. The molecule has 0 radical (unpaired) electrons. The zero-order valence-corrected chi connectivity index (χ0v) is 10.0. The van der Waals surface area contributed by atoms with Crippen molar-refractivity contribution < 1.29 is 4.79 Å². The Balaban J connectivity index is 2.28. The molecule has 0 aromatic heterocycles. The summed E-state index contributed by atoms with van der Waals surface area (Å²) in [6.45, 7) is 4.01. The van der Waals surface area contributed by atoms with Crippen LogP contribution < -0.4 is 4.90 Å². The fourth-order valence-corrected chi connectivity index (χ4v) is 2.00. The van der Waals surface area contributed by atoms with Gasteiger partial charge in [-0.15, -0.1) is 0 Å². The Morgan fingerprint density at radius 1 is 1.53 bits per heavy atom. The third kappa shape index (κ3) is 2.65. The van der Waals surface area contributed by atoms with Crippen LogP contribution in [0.25, 0.3) is 0 Å². The van der Waals surface area contributed by atoms with Gasteiger partial charge in [-0.05, 0) is 43.9 Å². The van der Waals surface area contributed by atoms with Crippen LogP contribution in [0.3, 0.4) is 0 Å². The van der Waals surface area contributed by atoms with E-state index >= 15 is 0 Å². The first-order valence-electron chi connectivity index (χ1n) is 6.02. The van der Waals surface area contributed by atoms with Gasteiger partial charge in [0.15, 0.2) is 0 Å². The lowest BCUT2D eigenvalue weighted by Crippen LogP contribution is -2.26.